The first kappa shape index (κ1) is 21.9. The molecule has 3 rings (SSSR count). The standard InChI is InChI=1S/C22H40N6O/c1-3-5-12-27-13-9-11-18(16-27)10-7-8-14-28-17-24-19-20(23)25-22(26-21(19)28)29-15-6-4-2/h18,24H,3-17H2,1-2H3,(H2,23,25,26). The van der Waals surface area contributed by atoms with Crippen molar-refractivity contribution < 1.29 is 4.74 Å². The van der Waals surface area contributed by atoms with Gasteiger partial charge in [-0.2, -0.15) is 9.97 Å². The van der Waals surface area contributed by atoms with E-state index >= 15 is 0 Å². The molecule has 0 saturated carbocycles. The number of nitrogens with zero attached hydrogens (tertiary/aromatic N) is 4. The van der Waals surface area contributed by atoms with Crippen LogP contribution < -0.4 is 20.7 Å². The Kier molecular flexibility index (Phi) is 8.65. The molecule has 1 atom stereocenters. The molecule has 2 aliphatic heterocycles. The quantitative estimate of drug-likeness (QED) is 0.508. The van der Waals surface area contributed by atoms with Crippen molar-refractivity contribution in [3.8, 4) is 6.01 Å². The molecule has 164 valence electrons. The van der Waals surface area contributed by atoms with E-state index in [-0.39, 0.29) is 0 Å². The molecule has 3 N–H and O–H groups in total. The third-order valence-electron chi connectivity index (χ3n) is 6.09. The van der Waals surface area contributed by atoms with Gasteiger partial charge in [0.15, 0.2) is 11.6 Å². The molecule has 7 nitrogen and oxygen atoms in total. The van der Waals surface area contributed by atoms with E-state index < -0.39 is 0 Å². The van der Waals surface area contributed by atoms with Crippen molar-refractivity contribution in [3.63, 3.8) is 0 Å². The molecular weight excluding hydrogens is 364 g/mol. The van der Waals surface area contributed by atoms with Crippen LogP contribution in [0.3, 0.4) is 0 Å². The van der Waals surface area contributed by atoms with Crippen LogP contribution in [0.4, 0.5) is 17.3 Å². The first-order valence-electron chi connectivity index (χ1n) is 11.7. The van der Waals surface area contributed by atoms with Gasteiger partial charge in [0.1, 0.15) is 5.69 Å². The second-order valence-electron chi connectivity index (χ2n) is 8.55. The minimum atomic E-state index is 0.401. The van der Waals surface area contributed by atoms with Crippen LogP contribution in [0.5, 0.6) is 6.01 Å². The highest BCUT2D eigenvalue weighted by atomic mass is 16.5. The van der Waals surface area contributed by atoms with Crippen LogP contribution in [0.1, 0.15) is 71.6 Å². The largest absolute Gasteiger partial charge is 0.463 e. The number of unbranched alkanes of at least 4 members (excludes halogenated alkanes) is 3. The van der Waals surface area contributed by atoms with Crippen molar-refractivity contribution in [1.82, 2.24) is 14.9 Å². The summed E-state index contributed by atoms with van der Waals surface area (Å²) < 4.78 is 5.68. The van der Waals surface area contributed by atoms with Gasteiger partial charge < -0.3 is 25.6 Å². The molecule has 1 aromatic rings. The Hall–Kier alpha value is -1.76. The molecule has 0 radical (unpaired) electrons. The molecular formula is C22H40N6O. The number of fused-ring (bicyclic) bond motifs is 1. The van der Waals surface area contributed by atoms with Gasteiger partial charge >= 0.3 is 6.01 Å². The maximum absolute atomic E-state index is 6.11. The van der Waals surface area contributed by atoms with Crippen molar-refractivity contribution in [2.75, 3.05) is 55.4 Å². The fraction of sp³-hybridized carbons (Fsp3) is 0.818. The second-order valence-corrected chi connectivity index (χ2v) is 8.55. The number of nitrogens with one attached hydrogen (secondary N) is 1. The van der Waals surface area contributed by atoms with Crippen LogP contribution in [0, 0.1) is 5.92 Å². The molecule has 3 heterocycles. The molecule has 7 heteroatoms. The van der Waals surface area contributed by atoms with Crippen molar-refractivity contribution >= 4 is 17.3 Å². The number of ether oxygens (including phenoxy) is 1. The molecule has 0 bridgehead atoms. The zero-order valence-corrected chi connectivity index (χ0v) is 18.5. The van der Waals surface area contributed by atoms with Crippen LogP contribution in [0.15, 0.2) is 0 Å². The Bertz CT molecular complexity index is 626. The summed E-state index contributed by atoms with van der Waals surface area (Å²) in [6.45, 7) is 10.7. The van der Waals surface area contributed by atoms with E-state index in [4.69, 9.17) is 10.5 Å². The first-order chi connectivity index (χ1) is 14.2. The number of hydrogen-bond acceptors (Lipinski definition) is 7. The normalized spacial score (nSPS) is 19.2. The van der Waals surface area contributed by atoms with Crippen LogP contribution in [-0.4, -0.2) is 54.3 Å². The highest BCUT2D eigenvalue weighted by Gasteiger charge is 2.25. The average Bonchev–Trinajstić information content (AvgIpc) is 3.14. The van der Waals surface area contributed by atoms with E-state index in [1.807, 2.05) is 0 Å². The van der Waals surface area contributed by atoms with E-state index in [1.54, 1.807) is 0 Å². The van der Waals surface area contributed by atoms with E-state index in [9.17, 15) is 0 Å². The highest BCUT2D eigenvalue weighted by Crippen LogP contribution is 2.35. The maximum Gasteiger partial charge on any atom is 0.320 e. The summed E-state index contributed by atoms with van der Waals surface area (Å²) in [6.07, 6.45) is 11.3. The van der Waals surface area contributed by atoms with Crippen molar-refractivity contribution in [2.24, 2.45) is 5.92 Å². The number of anilines is 3. The minimum Gasteiger partial charge on any atom is -0.463 e. The molecule has 0 amide bonds. The Morgan fingerprint density at radius 3 is 2.79 bits per heavy atom. The van der Waals surface area contributed by atoms with Crippen molar-refractivity contribution in [2.45, 2.75) is 71.6 Å². The van der Waals surface area contributed by atoms with Crippen LogP contribution in [0.25, 0.3) is 0 Å². The lowest BCUT2D eigenvalue weighted by Gasteiger charge is -2.32. The Balaban J connectivity index is 1.43. The van der Waals surface area contributed by atoms with Crippen LogP contribution in [0.2, 0.25) is 0 Å². The smallest absolute Gasteiger partial charge is 0.320 e. The second kappa shape index (κ2) is 11.4. The van der Waals surface area contributed by atoms with Crippen molar-refractivity contribution in [3.05, 3.63) is 0 Å². The summed E-state index contributed by atoms with van der Waals surface area (Å²) in [4.78, 5) is 13.9. The minimum absolute atomic E-state index is 0.401. The monoisotopic (exact) mass is 404 g/mol. The molecule has 0 aliphatic carbocycles. The summed E-state index contributed by atoms with van der Waals surface area (Å²) in [6, 6.07) is 0.401. The molecule has 1 fully saturated rings. The number of piperidine rings is 1. The fourth-order valence-corrected chi connectivity index (χ4v) is 4.36. The molecule has 2 aliphatic rings. The summed E-state index contributed by atoms with van der Waals surface area (Å²) in [7, 11) is 0. The number of rotatable bonds is 12. The summed E-state index contributed by atoms with van der Waals surface area (Å²) in [5, 5.41) is 3.34. The Labute approximate surface area is 176 Å². The summed E-state index contributed by atoms with van der Waals surface area (Å²) in [5.74, 6) is 2.26. The topological polar surface area (TPSA) is 79.5 Å². The molecule has 29 heavy (non-hydrogen) atoms. The van der Waals surface area contributed by atoms with Gasteiger partial charge in [0.25, 0.3) is 0 Å². The lowest BCUT2D eigenvalue weighted by Crippen LogP contribution is -2.36. The maximum atomic E-state index is 6.11. The van der Waals surface area contributed by atoms with Gasteiger partial charge in [-0.3, -0.25) is 0 Å². The molecule has 1 unspecified atom stereocenters. The van der Waals surface area contributed by atoms with Gasteiger partial charge in [-0.25, -0.2) is 0 Å². The lowest BCUT2D eigenvalue weighted by molar-refractivity contribution is 0.165. The SMILES string of the molecule is CCCCOc1nc(N)c2c(n1)N(CCCCC1CCCN(CCCC)C1)CN2. The Morgan fingerprint density at radius 2 is 1.97 bits per heavy atom. The van der Waals surface area contributed by atoms with E-state index in [2.05, 4.69) is 38.9 Å². The van der Waals surface area contributed by atoms with Gasteiger partial charge in [0, 0.05) is 13.1 Å². The third-order valence-corrected chi connectivity index (χ3v) is 6.09. The van der Waals surface area contributed by atoms with Crippen LogP contribution >= 0.6 is 0 Å². The zero-order valence-electron chi connectivity index (χ0n) is 18.5. The molecule has 1 aromatic heterocycles. The fourth-order valence-electron chi connectivity index (χ4n) is 4.36. The first-order valence-corrected chi connectivity index (χ1v) is 11.7. The van der Waals surface area contributed by atoms with Gasteiger partial charge in [-0.15, -0.1) is 0 Å². The van der Waals surface area contributed by atoms with E-state index in [0.717, 1.165) is 43.5 Å². The average molecular weight is 405 g/mol. The van der Waals surface area contributed by atoms with Gasteiger partial charge in [0.05, 0.1) is 13.3 Å². The number of nitrogen functional groups attached to an aromatic ring is 1. The van der Waals surface area contributed by atoms with Gasteiger partial charge in [-0.1, -0.05) is 33.1 Å². The number of aromatic nitrogens is 2. The predicted octanol–water partition coefficient (Wildman–Crippen LogP) is 4.11. The molecule has 0 aromatic carbocycles. The molecule has 0 spiro atoms. The van der Waals surface area contributed by atoms with Crippen LogP contribution in [-0.2, 0) is 0 Å². The Morgan fingerprint density at radius 1 is 1.10 bits per heavy atom. The van der Waals surface area contributed by atoms with Gasteiger partial charge in [0.2, 0.25) is 0 Å². The number of likely N-dealkylation sites (tertiary alicyclic amines) is 1. The van der Waals surface area contributed by atoms with E-state index in [0.29, 0.717) is 18.4 Å². The third kappa shape index (κ3) is 6.36. The van der Waals surface area contributed by atoms with Gasteiger partial charge in [-0.05, 0) is 57.5 Å². The van der Waals surface area contributed by atoms with E-state index in [1.165, 1.54) is 64.6 Å². The predicted molar refractivity (Wildman–Crippen MR) is 121 cm³/mol. The highest BCUT2D eigenvalue weighted by molar-refractivity contribution is 5.80. The number of nitrogens with two attached hydrogens (primary N) is 1. The number of hydrogen-bond donors (Lipinski definition) is 2. The summed E-state index contributed by atoms with van der Waals surface area (Å²) >= 11 is 0. The zero-order chi connectivity index (χ0) is 20.5. The van der Waals surface area contributed by atoms with Crippen molar-refractivity contribution in [1.29, 1.82) is 0 Å². The summed E-state index contributed by atoms with van der Waals surface area (Å²) in [5.41, 5.74) is 6.97. The lowest BCUT2D eigenvalue weighted by atomic mass is 9.92. The molecule has 1 saturated heterocycles.